The first-order chi connectivity index (χ1) is 9.27. The number of hydrogen-bond acceptors (Lipinski definition) is 1. The molecule has 6 heteroatoms. The van der Waals surface area contributed by atoms with Crippen molar-refractivity contribution in [1.29, 1.82) is 0 Å². The first-order valence-electron chi connectivity index (χ1n) is 5.45. The number of hydrogen-bond donors (Lipinski definition) is 0. The van der Waals surface area contributed by atoms with Gasteiger partial charge in [0.15, 0.2) is 0 Å². The monoisotopic (exact) mass is 302 g/mol. The molecule has 0 fully saturated rings. The molecule has 2 aromatic rings. The fraction of sp³-hybridized carbons (Fsp3) is 0.0714. The molecule has 0 atom stereocenters. The normalized spacial score (nSPS) is 11.4. The lowest BCUT2D eigenvalue weighted by Crippen LogP contribution is -2.07. The molecule has 0 radical (unpaired) electrons. The van der Waals surface area contributed by atoms with Gasteiger partial charge in [0.25, 0.3) is 5.24 Å². The maximum atomic E-state index is 12.8. The largest absolute Gasteiger partial charge is 0.416 e. The lowest BCUT2D eigenvalue weighted by atomic mass is 10.00. The predicted molar refractivity (Wildman–Crippen MR) is 67.0 cm³/mol. The van der Waals surface area contributed by atoms with Crippen molar-refractivity contribution in [3.05, 3.63) is 59.4 Å². The van der Waals surface area contributed by atoms with Crippen LogP contribution in [0.25, 0.3) is 11.1 Å². The second-order valence-electron chi connectivity index (χ2n) is 4.08. The minimum atomic E-state index is -4.60. The molecule has 0 spiro atoms. The van der Waals surface area contributed by atoms with Crippen molar-refractivity contribution in [3.8, 4) is 11.1 Å². The van der Waals surface area contributed by atoms with Crippen molar-refractivity contribution in [2.75, 3.05) is 0 Å². The lowest BCUT2D eigenvalue weighted by Gasteiger charge is -2.11. The highest BCUT2D eigenvalue weighted by Crippen LogP contribution is 2.33. The number of carbonyl (C=O) groups is 1. The Kier molecular flexibility index (Phi) is 3.81. The van der Waals surface area contributed by atoms with E-state index in [-0.39, 0.29) is 11.1 Å². The molecule has 20 heavy (non-hydrogen) atoms. The Bertz CT molecular complexity index is 647. The average molecular weight is 303 g/mol. The summed E-state index contributed by atoms with van der Waals surface area (Å²) in [6, 6.07) is 7.70. The van der Waals surface area contributed by atoms with Gasteiger partial charge >= 0.3 is 6.18 Å². The van der Waals surface area contributed by atoms with Crippen LogP contribution in [0.3, 0.4) is 0 Å². The smallest absolute Gasteiger partial charge is 0.276 e. The Hall–Kier alpha value is -1.88. The average Bonchev–Trinajstić information content (AvgIpc) is 2.38. The molecule has 0 aliphatic heterocycles. The zero-order valence-electron chi connectivity index (χ0n) is 9.84. The molecule has 0 heterocycles. The van der Waals surface area contributed by atoms with Crippen LogP contribution in [0.4, 0.5) is 17.6 Å². The molecule has 0 unspecified atom stereocenters. The predicted octanol–water partition coefficient (Wildman–Crippen LogP) is 4.89. The molecule has 0 aliphatic rings. The Balaban J connectivity index is 2.60. The molecule has 2 rings (SSSR count). The van der Waals surface area contributed by atoms with Gasteiger partial charge in [-0.3, -0.25) is 4.79 Å². The van der Waals surface area contributed by atoms with Gasteiger partial charge in [-0.15, -0.1) is 0 Å². The molecule has 0 aromatic heterocycles. The Morgan fingerprint density at radius 3 is 2.05 bits per heavy atom. The molecule has 0 amide bonds. The quantitative estimate of drug-likeness (QED) is 0.570. The van der Waals surface area contributed by atoms with Crippen LogP contribution in [0.15, 0.2) is 42.5 Å². The second-order valence-corrected chi connectivity index (χ2v) is 4.42. The van der Waals surface area contributed by atoms with Crippen molar-refractivity contribution in [1.82, 2.24) is 0 Å². The number of halogens is 5. The summed E-state index contributed by atoms with van der Waals surface area (Å²) in [5.41, 5.74) is -0.746. The van der Waals surface area contributed by atoms with Crippen LogP contribution < -0.4 is 0 Å². The fourth-order valence-corrected chi connectivity index (χ4v) is 1.82. The summed E-state index contributed by atoms with van der Waals surface area (Å²) >= 11 is 5.24. The van der Waals surface area contributed by atoms with Crippen molar-refractivity contribution in [2.45, 2.75) is 6.18 Å². The summed E-state index contributed by atoms with van der Waals surface area (Å²) in [6.45, 7) is 0. The van der Waals surface area contributed by atoms with Gasteiger partial charge in [-0.25, -0.2) is 4.39 Å². The number of rotatable bonds is 2. The third-order valence-corrected chi connectivity index (χ3v) is 2.88. The van der Waals surface area contributed by atoms with Crippen LogP contribution in [-0.2, 0) is 6.18 Å². The summed E-state index contributed by atoms with van der Waals surface area (Å²) in [5, 5.41) is -0.987. The fourth-order valence-electron chi connectivity index (χ4n) is 1.71. The molecule has 0 saturated heterocycles. The molecular weight excluding hydrogens is 296 g/mol. The third-order valence-electron chi connectivity index (χ3n) is 2.66. The van der Waals surface area contributed by atoms with Gasteiger partial charge in [-0.1, -0.05) is 12.1 Å². The Labute approximate surface area is 116 Å². The van der Waals surface area contributed by atoms with Crippen molar-refractivity contribution in [2.24, 2.45) is 0 Å². The van der Waals surface area contributed by atoms with E-state index >= 15 is 0 Å². The van der Waals surface area contributed by atoms with E-state index in [1.807, 2.05) is 0 Å². The molecule has 1 nitrogen and oxygen atoms in total. The Morgan fingerprint density at radius 1 is 0.950 bits per heavy atom. The SMILES string of the molecule is O=C(Cl)c1cc(-c2ccc(F)cc2)cc(C(F)(F)F)c1. The summed E-state index contributed by atoms with van der Waals surface area (Å²) in [5.74, 6) is -0.505. The third kappa shape index (κ3) is 3.17. The van der Waals surface area contributed by atoms with Crippen molar-refractivity contribution >= 4 is 16.8 Å². The maximum Gasteiger partial charge on any atom is 0.416 e. The van der Waals surface area contributed by atoms with Crippen LogP contribution in [0.2, 0.25) is 0 Å². The van der Waals surface area contributed by atoms with Crippen LogP contribution >= 0.6 is 11.6 Å². The minimum absolute atomic E-state index is 0.142. The van der Waals surface area contributed by atoms with Gasteiger partial charge in [0.2, 0.25) is 0 Å². The topological polar surface area (TPSA) is 17.1 Å². The molecule has 2 aromatic carbocycles. The van der Waals surface area contributed by atoms with Crippen LogP contribution in [0, 0.1) is 5.82 Å². The van der Waals surface area contributed by atoms with Gasteiger partial charge in [0.05, 0.1) is 5.56 Å². The van der Waals surface area contributed by atoms with Crippen LogP contribution in [-0.4, -0.2) is 5.24 Å². The minimum Gasteiger partial charge on any atom is -0.276 e. The molecule has 0 aliphatic carbocycles. The summed E-state index contributed by atoms with van der Waals surface area (Å²) < 4.78 is 51.2. The van der Waals surface area contributed by atoms with E-state index in [1.165, 1.54) is 18.2 Å². The van der Waals surface area contributed by atoms with Gasteiger partial charge in [0.1, 0.15) is 5.82 Å². The van der Waals surface area contributed by atoms with Crippen molar-refractivity contribution in [3.63, 3.8) is 0 Å². The Morgan fingerprint density at radius 2 is 1.55 bits per heavy atom. The molecule has 0 bridgehead atoms. The first-order valence-corrected chi connectivity index (χ1v) is 5.83. The zero-order valence-corrected chi connectivity index (χ0v) is 10.6. The molecule has 0 saturated carbocycles. The van der Waals surface area contributed by atoms with E-state index in [0.717, 1.165) is 18.2 Å². The van der Waals surface area contributed by atoms with E-state index < -0.39 is 22.8 Å². The van der Waals surface area contributed by atoms with E-state index in [2.05, 4.69) is 0 Å². The zero-order chi connectivity index (χ0) is 14.9. The number of benzene rings is 2. The second kappa shape index (κ2) is 5.25. The van der Waals surface area contributed by atoms with E-state index in [1.54, 1.807) is 0 Å². The first kappa shape index (κ1) is 14.5. The summed E-state index contributed by atoms with van der Waals surface area (Å²) in [6.07, 6.45) is -4.60. The number of carbonyl (C=O) groups excluding carboxylic acids is 1. The molecule has 0 N–H and O–H groups in total. The lowest BCUT2D eigenvalue weighted by molar-refractivity contribution is -0.137. The van der Waals surface area contributed by atoms with E-state index in [0.29, 0.717) is 11.6 Å². The van der Waals surface area contributed by atoms with E-state index in [4.69, 9.17) is 11.6 Å². The van der Waals surface area contributed by atoms with Gasteiger partial charge in [0, 0.05) is 5.56 Å². The van der Waals surface area contributed by atoms with Gasteiger partial charge in [-0.2, -0.15) is 13.2 Å². The summed E-state index contributed by atoms with van der Waals surface area (Å²) in [4.78, 5) is 11.1. The van der Waals surface area contributed by atoms with Gasteiger partial charge in [-0.05, 0) is 53.1 Å². The van der Waals surface area contributed by atoms with Crippen LogP contribution in [0.5, 0.6) is 0 Å². The van der Waals surface area contributed by atoms with Crippen molar-refractivity contribution < 1.29 is 22.4 Å². The number of alkyl halides is 3. The van der Waals surface area contributed by atoms with Gasteiger partial charge < -0.3 is 0 Å². The highest BCUT2D eigenvalue weighted by Gasteiger charge is 2.31. The standard InChI is InChI=1S/C14H7ClF4O/c15-13(20)10-5-9(6-11(7-10)14(17,18)19)8-1-3-12(16)4-2-8/h1-7H. The van der Waals surface area contributed by atoms with E-state index in [9.17, 15) is 22.4 Å². The maximum absolute atomic E-state index is 12.8. The molecule has 104 valence electrons. The van der Waals surface area contributed by atoms with Crippen LogP contribution in [0.1, 0.15) is 15.9 Å². The highest BCUT2D eigenvalue weighted by molar-refractivity contribution is 6.67. The summed E-state index contributed by atoms with van der Waals surface area (Å²) in [7, 11) is 0. The highest BCUT2D eigenvalue weighted by atomic mass is 35.5. The molecular formula is C14H7ClF4O.